The molecule has 2 aromatic rings. The van der Waals surface area contributed by atoms with Gasteiger partial charge in [-0.25, -0.2) is 0 Å². The molecule has 1 atom stereocenters. The third-order valence-corrected chi connectivity index (χ3v) is 4.11. The summed E-state index contributed by atoms with van der Waals surface area (Å²) in [5.41, 5.74) is 3.69. The van der Waals surface area contributed by atoms with Crippen LogP contribution < -0.4 is 5.32 Å². The summed E-state index contributed by atoms with van der Waals surface area (Å²) in [6.45, 7) is 4.12. The third kappa shape index (κ3) is 5.64. The second-order valence-electron chi connectivity index (χ2n) is 5.79. The number of carbonyl (C=O) groups excluding carboxylic acids is 1. The molecule has 1 amide bonds. The second kappa shape index (κ2) is 8.14. The van der Waals surface area contributed by atoms with Crippen LogP contribution in [0.5, 0.6) is 0 Å². The number of hydrogen-bond acceptors (Lipinski definition) is 1. The zero-order valence-electron chi connectivity index (χ0n) is 13.1. The summed E-state index contributed by atoms with van der Waals surface area (Å²) in [6.07, 6.45) is 2.18. The summed E-state index contributed by atoms with van der Waals surface area (Å²) in [5, 5.41) is 3.08. The number of aryl methyl sites for hydroxylation is 2. The largest absolute Gasteiger partial charge is 0.353 e. The fourth-order valence-corrected chi connectivity index (χ4v) is 2.76. The number of hydrogen-bond donors (Lipinski definition) is 1. The highest BCUT2D eigenvalue weighted by molar-refractivity contribution is 9.10. The summed E-state index contributed by atoms with van der Waals surface area (Å²) in [7, 11) is 0. The quantitative estimate of drug-likeness (QED) is 0.811. The van der Waals surface area contributed by atoms with E-state index in [-0.39, 0.29) is 11.9 Å². The van der Waals surface area contributed by atoms with Crippen molar-refractivity contribution in [1.29, 1.82) is 0 Å². The standard InChI is InChI=1S/C19H22BrNO/c1-14-4-3-5-16(12-14)8-11-19(22)21-15(2)13-17-6-9-18(20)10-7-17/h3-7,9-10,12,15H,8,11,13H2,1-2H3,(H,21,22). The van der Waals surface area contributed by atoms with Crippen molar-refractivity contribution in [2.24, 2.45) is 0 Å². The van der Waals surface area contributed by atoms with Gasteiger partial charge in [0.2, 0.25) is 5.91 Å². The number of rotatable bonds is 6. The Kier molecular flexibility index (Phi) is 6.20. The first-order chi connectivity index (χ1) is 10.5. The van der Waals surface area contributed by atoms with Crippen molar-refractivity contribution in [1.82, 2.24) is 5.32 Å². The monoisotopic (exact) mass is 359 g/mol. The second-order valence-corrected chi connectivity index (χ2v) is 6.70. The lowest BCUT2D eigenvalue weighted by molar-refractivity contribution is -0.121. The van der Waals surface area contributed by atoms with Crippen molar-refractivity contribution in [3.05, 3.63) is 69.7 Å². The van der Waals surface area contributed by atoms with E-state index >= 15 is 0 Å². The van der Waals surface area contributed by atoms with Crippen LogP contribution in [0.1, 0.15) is 30.0 Å². The molecule has 3 heteroatoms. The van der Waals surface area contributed by atoms with Gasteiger partial charge < -0.3 is 5.32 Å². The molecule has 116 valence electrons. The molecule has 0 bridgehead atoms. The van der Waals surface area contributed by atoms with Crippen LogP contribution in [0.3, 0.4) is 0 Å². The van der Waals surface area contributed by atoms with Gasteiger partial charge in [0.25, 0.3) is 0 Å². The smallest absolute Gasteiger partial charge is 0.220 e. The molecule has 22 heavy (non-hydrogen) atoms. The molecule has 0 saturated heterocycles. The molecule has 0 aliphatic heterocycles. The highest BCUT2D eigenvalue weighted by Crippen LogP contribution is 2.12. The summed E-state index contributed by atoms with van der Waals surface area (Å²) in [6, 6.07) is 16.7. The maximum absolute atomic E-state index is 12.0. The van der Waals surface area contributed by atoms with E-state index in [0.29, 0.717) is 6.42 Å². The molecule has 0 fully saturated rings. The number of nitrogens with one attached hydrogen (secondary N) is 1. The van der Waals surface area contributed by atoms with Gasteiger partial charge in [-0.05, 0) is 49.9 Å². The average Bonchev–Trinajstić information content (AvgIpc) is 2.47. The first-order valence-electron chi connectivity index (χ1n) is 7.62. The molecule has 0 saturated carbocycles. The van der Waals surface area contributed by atoms with E-state index in [2.05, 4.69) is 58.5 Å². The van der Waals surface area contributed by atoms with Gasteiger partial charge in [0.15, 0.2) is 0 Å². The number of benzene rings is 2. The Bertz CT molecular complexity index is 622. The van der Waals surface area contributed by atoms with E-state index in [4.69, 9.17) is 0 Å². The van der Waals surface area contributed by atoms with Gasteiger partial charge in [-0.3, -0.25) is 4.79 Å². The molecule has 2 rings (SSSR count). The molecule has 0 aliphatic rings. The summed E-state index contributed by atoms with van der Waals surface area (Å²) in [4.78, 5) is 12.0. The van der Waals surface area contributed by atoms with E-state index in [9.17, 15) is 4.79 Å². The van der Waals surface area contributed by atoms with E-state index in [1.54, 1.807) is 0 Å². The lowest BCUT2D eigenvalue weighted by atomic mass is 10.1. The van der Waals surface area contributed by atoms with Crippen LogP contribution in [0.25, 0.3) is 0 Å². The van der Waals surface area contributed by atoms with Crippen molar-refractivity contribution in [2.75, 3.05) is 0 Å². The molecule has 0 spiro atoms. The molecule has 1 N–H and O–H groups in total. The number of carbonyl (C=O) groups is 1. The van der Waals surface area contributed by atoms with Gasteiger partial charge >= 0.3 is 0 Å². The first kappa shape index (κ1) is 16.8. The van der Waals surface area contributed by atoms with Crippen molar-refractivity contribution >= 4 is 21.8 Å². The van der Waals surface area contributed by atoms with Crippen molar-refractivity contribution in [2.45, 2.75) is 39.2 Å². The van der Waals surface area contributed by atoms with Crippen LogP contribution in [0.2, 0.25) is 0 Å². The zero-order valence-corrected chi connectivity index (χ0v) is 14.7. The molecule has 2 nitrogen and oxygen atoms in total. The predicted octanol–water partition coefficient (Wildman–Crippen LogP) is 4.44. The first-order valence-corrected chi connectivity index (χ1v) is 8.41. The highest BCUT2D eigenvalue weighted by Gasteiger charge is 2.08. The summed E-state index contributed by atoms with van der Waals surface area (Å²) in [5.74, 6) is 0.117. The molecule has 0 heterocycles. The minimum Gasteiger partial charge on any atom is -0.353 e. The predicted molar refractivity (Wildman–Crippen MR) is 95.0 cm³/mol. The average molecular weight is 360 g/mol. The van der Waals surface area contributed by atoms with Gasteiger partial charge in [-0.15, -0.1) is 0 Å². The molecule has 0 aliphatic carbocycles. The van der Waals surface area contributed by atoms with E-state index < -0.39 is 0 Å². The minimum absolute atomic E-state index is 0.117. The fourth-order valence-electron chi connectivity index (χ4n) is 2.50. The fraction of sp³-hybridized carbons (Fsp3) is 0.316. The molecule has 1 unspecified atom stereocenters. The Morgan fingerprint density at radius 1 is 1.14 bits per heavy atom. The number of amides is 1. The molecular formula is C19H22BrNO. The lowest BCUT2D eigenvalue weighted by Gasteiger charge is -2.14. The van der Waals surface area contributed by atoms with Crippen LogP contribution in [-0.2, 0) is 17.6 Å². The Morgan fingerprint density at radius 3 is 2.55 bits per heavy atom. The normalized spacial score (nSPS) is 12.0. The van der Waals surface area contributed by atoms with Crippen molar-refractivity contribution in [3.8, 4) is 0 Å². The topological polar surface area (TPSA) is 29.1 Å². The van der Waals surface area contributed by atoms with E-state index in [1.807, 2.05) is 25.1 Å². The van der Waals surface area contributed by atoms with Crippen LogP contribution in [0.15, 0.2) is 53.0 Å². The number of halogens is 1. The lowest BCUT2D eigenvalue weighted by Crippen LogP contribution is -2.34. The van der Waals surface area contributed by atoms with Gasteiger partial charge in [-0.2, -0.15) is 0 Å². The zero-order chi connectivity index (χ0) is 15.9. The van der Waals surface area contributed by atoms with Gasteiger partial charge in [-0.1, -0.05) is 57.9 Å². The third-order valence-electron chi connectivity index (χ3n) is 3.59. The van der Waals surface area contributed by atoms with E-state index in [1.165, 1.54) is 16.7 Å². The van der Waals surface area contributed by atoms with Crippen LogP contribution in [0.4, 0.5) is 0 Å². The molecular weight excluding hydrogens is 338 g/mol. The summed E-state index contributed by atoms with van der Waals surface area (Å²) < 4.78 is 1.08. The maximum Gasteiger partial charge on any atom is 0.220 e. The Hall–Kier alpha value is -1.61. The van der Waals surface area contributed by atoms with Gasteiger partial charge in [0.1, 0.15) is 0 Å². The Morgan fingerprint density at radius 2 is 1.86 bits per heavy atom. The molecule has 0 aromatic heterocycles. The Labute approximate surface area is 141 Å². The van der Waals surface area contributed by atoms with E-state index in [0.717, 1.165) is 17.3 Å². The molecule has 0 radical (unpaired) electrons. The van der Waals surface area contributed by atoms with Crippen molar-refractivity contribution < 1.29 is 4.79 Å². The molecule has 2 aromatic carbocycles. The summed E-state index contributed by atoms with van der Waals surface area (Å²) >= 11 is 3.43. The van der Waals surface area contributed by atoms with Gasteiger partial charge in [0, 0.05) is 16.9 Å². The van der Waals surface area contributed by atoms with Gasteiger partial charge in [0.05, 0.1) is 0 Å². The van der Waals surface area contributed by atoms with Crippen LogP contribution in [-0.4, -0.2) is 11.9 Å². The SMILES string of the molecule is Cc1cccc(CCC(=O)NC(C)Cc2ccc(Br)cc2)c1. The Balaban J connectivity index is 1.77. The maximum atomic E-state index is 12.0. The van der Waals surface area contributed by atoms with Crippen LogP contribution in [0, 0.1) is 6.92 Å². The minimum atomic E-state index is 0.117. The van der Waals surface area contributed by atoms with Crippen molar-refractivity contribution in [3.63, 3.8) is 0 Å². The highest BCUT2D eigenvalue weighted by atomic mass is 79.9. The van der Waals surface area contributed by atoms with Crippen LogP contribution >= 0.6 is 15.9 Å².